The highest BCUT2D eigenvalue weighted by Gasteiger charge is 2.24. The fourth-order valence-electron chi connectivity index (χ4n) is 3.84. The number of aromatic nitrogens is 5. The highest BCUT2D eigenvalue weighted by atomic mass is 15.3. The van der Waals surface area contributed by atoms with Gasteiger partial charge in [0.15, 0.2) is 5.82 Å². The molecule has 0 amide bonds. The number of anilines is 1. The van der Waals surface area contributed by atoms with Crippen molar-refractivity contribution in [2.45, 2.75) is 18.8 Å². The lowest BCUT2D eigenvalue weighted by Gasteiger charge is -2.33. The van der Waals surface area contributed by atoms with Crippen LogP contribution in [0.5, 0.6) is 0 Å². The van der Waals surface area contributed by atoms with Gasteiger partial charge in [-0.25, -0.2) is 4.98 Å². The number of hydrogen-bond donors (Lipinski definition) is 0. The van der Waals surface area contributed by atoms with Crippen LogP contribution in [0.15, 0.2) is 55.2 Å². The molecule has 6 nitrogen and oxygen atoms in total. The SMILES string of the molecule is c1ccc2c(C3CCN(c4nccn5cnnc45)CC3)ccnc2c1. The van der Waals surface area contributed by atoms with Gasteiger partial charge in [0.05, 0.1) is 5.52 Å². The van der Waals surface area contributed by atoms with Crippen LogP contribution in [-0.4, -0.2) is 37.7 Å². The summed E-state index contributed by atoms with van der Waals surface area (Å²) in [6, 6.07) is 10.6. The van der Waals surface area contributed by atoms with Gasteiger partial charge in [0.1, 0.15) is 6.33 Å². The normalized spacial score (nSPS) is 15.9. The second-order valence-electron chi connectivity index (χ2n) is 6.49. The molecule has 6 heteroatoms. The van der Waals surface area contributed by atoms with Crippen molar-refractivity contribution >= 4 is 22.4 Å². The van der Waals surface area contributed by atoms with E-state index in [-0.39, 0.29) is 0 Å². The first kappa shape index (κ1) is 14.3. The number of rotatable bonds is 2. The Morgan fingerprint density at radius 3 is 2.76 bits per heavy atom. The van der Waals surface area contributed by atoms with Crippen molar-refractivity contribution in [3.63, 3.8) is 0 Å². The average molecular weight is 330 g/mol. The van der Waals surface area contributed by atoms with Crippen LogP contribution < -0.4 is 4.90 Å². The van der Waals surface area contributed by atoms with Crippen molar-refractivity contribution in [1.29, 1.82) is 0 Å². The maximum Gasteiger partial charge on any atom is 0.203 e. The lowest BCUT2D eigenvalue weighted by molar-refractivity contribution is 0.505. The zero-order valence-electron chi connectivity index (χ0n) is 13.8. The average Bonchev–Trinajstić information content (AvgIpc) is 3.17. The maximum absolute atomic E-state index is 4.54. The van der Waals surface area contributed by atoms with Gasteiger partial charge in [0.2, 0.25) is 5.65 Å². The number of benzene rings is 1. The highest BCUT2D eigenvalue weighted by Crippen LogP contribution is 2.33. The molecule has 1 aromatic carbocycles. The van der Waals surface area contributed by atoms with Crippen molar-refractivity contribution < 1.29 is 0 Å². The number of pyridine rings is 1. The summed E-state index contributed by atoms with van der Waals surface area (Å²) in [5.41, 5.74) is 3.33. The quantitative estimate of drug-likeness (QED) is 0.565. The molecule has 0 radical (unpaired) electrons. The molecule has 1 aliphatic rings. The Kier molecular flexibility index (Phi) is 3.33. The second kappa shape index (κ2) is 5.81. The first-order valence-electron chi connectivity index (χ1n) is 8.63. The molecular weight excluding hydrogens is 312 g/mol. The standard InChI is InChI=1S/C19H18N6/c1-2-4-17-16(3-1)15(5-8-20-17)14-6-10-24(11-7-14)18-19-23-22-13-25(19)12-9-21-18/h1-5,8-9,12-14H,6-7,10-11H2. The van der Waals surface area contributed by atoms with E-state index in [1.807, 2.05) is 29.1 Å². The minimum Gasteiger partial charge on any atom is -0.353 e. The van der Waals surface area contributed by atoms with Gasteiger partial charge in [-0.2, -0.15) is 0 Å². The molecule has 1 saturated heterocycles. The molecule has 124 valence electrons. The summed E-state index contributed by atoms with van der Waals surface area (Å²) in [4.78, 5) is 11.4. The molecule has 1 fully saturated rings. The fourth-order valence-corrected chi connectivity index (χ4v) is 3.84. The minimum atomic E-state index is 0.557. The summed E-state index contributed by atoms with van der Waals surface area (Å²) >= 11 is 0. The largest absolute Gasteiger partial charge is 0.353 e. The third-order valence-electron chi connectivity index (χ3n) is 5.11. The van der Waals surface area contributed by atoms with Crippen LogP contribution in [0.2, 0.25) is 0 Å². The number of fused-ring (bicyclic) bond motifs is 2. The van der Waals surface area contributed by atoms with Crippen LogP contribution in [-0.2, 0) is 0 Å². The monoisotopic (exact) mass is 330 g/mol. The van der Waals surface area contributed by atoms with Crippen LogP contribution >= 0.6 is 0 Å². The summed E-state index contributed by atoms with van der Waals surface area (Å²) < 4.78 is 1.92. The Labute approximate surface area is 145 Å². The molecule has 0 atom stereocenters. The van der Waals surface area contributed by atoms with Gasteiger partial charge < -0.3 is 4.90 Å². The molecule has 0 aliphatic carbocycles. The summed E-state index contributed by atoms with van der Waals surface area (Å²) in [5.74, 6) is 1.49. The van der Waals surface area contributed by atoms with Crippen molar-refractivity contribution in [3.8, 4) is 0 Å². The summed E-state index contributed by atoms with van der Waals surface area (Å²) in [5, 5.41) is 9.48. The van der Waals surface area contributed by atoms with E-state index in [1.54, 1.807) is 6.33 Å². The smallest absolute Gasteiger partial charge is 0.203 e. The van der Waals surface area contributed by atoms with Gasteiger partial charge in [-0.3, -0.25) is 9.38 Å². The molecule has 25 heavy (non-hydrogen) atoms. The van der Waals surface area contributed by atoms with Crippen LogP contribution in [0.1, 0.15) is 24.3 Å². The van der Waals surface area contributed by atoms with E-state index in [1.165, 1.54) is 10.9 Å². The Hall–Kier alpha value is -3.02. The van der Waals surface area contributed by atoms with Crippen LogP contribution in [0.4, 0.5) is 5.82 Å². The first-order valence-corrected chi connectivity index (χ1v) is 8.63. The summed E-state index contributed by atoms with van der Waals surface area (Å²) in [7, 11) is 0. The van der Waals surface area contributed by atoms with Crippen molar-refractivity contribution in [1.82, 2.24) is 24.6 Å². The van der Waals surface area contributed by atoms with Crippen LogP contribution in [0.25, 0.3) is 16.6 Å². The van der Waals surface area contributed by atoms with E-state index in [0.717, 1.165) is 42.9 Å². The first-order chi connectivity index (χ1) is 12.4. The Balaban J connectivity index is 1.42. The van der Waals surface area contributed by atoms with Crippen LogP contribution in [0.3, 0.4) is 0 Å². The summed E-state index contributed by atoms with van der Waals surface area (Å²) in [6.07, 6.45) is 9.55. The second-order valence-corrected chi connectivity index (χ2v) is 6.49. The third-order valence-corrected chi connectivity index (χ3v) is 5.11. The predicted molar refractivity (Wildman–Crippen MR) is 96.7 cm³/mol. The lowest BCUT2D eigenvalue weighted by Crippen LogP contribution is -2.34. The molecular formula is C19H18N6. The zero-order chi connectivity index (χ0) is 16.6. The van der Waals surface area contributed by atoms with E-state index in [9.17, 15) is 0 Å². The van der Waals surface area contributed by atoms with E-state index < -0.39 is 0 Å². The Morgan fingerprint density at radius 1 is 0.960 bits per heavy atom. The van der Waals surface area contributed by atoms with Gasteiger partial charge in [0, 0.05) is 37.1 Å². The van der Waals surface area contributed by atoms with E-state index in [2.05, 4.69) is 49.3 Å². The number of para-hydroxylation sites is 1. The maximum atomic E-state index is 4.54. The summed E-state index contributed by atoms with van der Waals surface area (Å²) in [6.45, 7) is 1.95. The minimum absolute atomic E-state index is 0.557. The number of hydrogen-bond acceptors (Lipinski definition) is 5. The van der Waals surface area contributed by atoms with Crippen molar-refractivity contribution in [2.24, 2.45) is 0 Å². The van der Waals surface area contributed by atoms with E-state index in [4.69, 9.17) is 0 Å². The highest BCUT2D eigenvalue weighted by molar-refractivity contribution is 5.82. The molecule has 1 aliphatic heterocycles. The molecule has 4 heterocycles. The lowest BCUT2D eigenvalue weighted by atomic mass is 9.87. The van der Waals surface area contributed by atoms with Gasteiger partial charge in [0.25, 0.3) is 0 Å². The third kappa shape index (κ3) is 2.41. The molecule has 5 rings (SSSR count). The Bertz CT molecular complexity index is 1030. The van der Waals surface area contributed by atoms with E-state index in [0.29, 0.717) is 5.92 Å². The molecule has 0 bridgehead atoms. The van der Waals surface area contributed by atoms with Gasteiger partial charge in [-0.05, 0) is 36.5 Å². The molecule has 4 aromatic rings. The zero-order valence-corrected chi connectivity index (χ0v) is 13.8. The van der Waals surface area contributed by atoms with Gasteiger partial charge >= 0.3 is 0 Å². The van der Waals surface area contributed by atoms with Gasteiger partial charge in [-0.1, -0.05) is 18.2 Å². The topological polar surface area (TPSA) is 59.2 Å². The predicted octanol–water partition coefficient (Wildman–Crippen LogP) is 3.06. The van der Waals surface area contributed by atoms with Crippen LogP contribution in [0, 0.1) is 0 Å². The molecule has 0 spiro atoms. The number of nitrogens with zero attached hydrogens (tertiary/aromatic N) is 6. The van der Waals surface area contributed by atoms with Crippen molar-refractivity contribution in [2.75, 3.05) is 18.0 Å². The Morgan fingerprint density at radius 2 is 1.84 bits per heavy atom. The van der Waals surface area contributed by atoms with Gasteiger partial charge in [-0.15, -0.1) is 10.2 Å². The molecule has 0 N–H and O–H groups in total. The van der Waals surface area contributed by atoms with Crippen molar-refractivity contribution in [3.05, 3.63) is 60.8 Å². The molecule has 0 saturated carbocycles. The van der Waals surface area contributed by atoms with E-state index >= 15 is 0 Å². The molecule has 3 aromatic heterocycles. The number of piperidine rings is 1. The fraction of sp³-hybridized carbons (Fsp3) is 0.263. The molecule has 0 unspecified atom stereocenters.